The number of fused-ring (bicyclic) bond motifs is 3. The van der Waals surface area contributed by atoms with E-state index < -0.39 is 18.1 Å². The van der Waals surface area contributed by atoms with E-state index in [2.05, 4.69) is 29.6 Å². The van der Waals surface area contributed by atoms with Crippen LogP contribution >= 0.6 is 0 Å². The van der Waals surface area contributed by atoms with Crippen molar-refractivity contribution in [3.05, 3.63) is 59.7 Å². The number of rotatable bonds is 9. The molecular weight excluding hydrogens is 394 g/mol. The fraction of sp³-hybridized carbons (Fsp3) is 0.400. The summed E-state index contributed by atoms with van der Waals surface area (Å²) in [5, 5.41) is 2.73. The van der Waals surface area contributed by atoms with Crippen LogP contribution in [0.2, 0.25) is 0 Å². The number of carbonyl (C=O) groups is 3. The fourth-order valence-corrected chi connectivity index (χ4v) is 3.99. The second kappa shape index (κ2) is 10.2. The highest BCUT2D eigenvalue weighted by atomic mass is 16.5. The Morgan fingerprint density at radius 2 is 1.55 bits per heavy atom. The van der Waals surface area contributed by atoms with Crippen LogP contribution in [0, 0.1) is 5.92 Å². The molecule has 0 radical (unpaired) electrons. The minimum Gasteiger partial charge on any atom is -0.465 e. The summed E-state index contributed by atoms with van der Waals surface area (Å²) in [5.74, 6) is -0.716. The van der Waals surface area contributed by atoms with Crippen LogP contribution in [-0.2, 0) is 19.1 Å². The monoisotopic (exact) mass is 423 g/mol. The summed E-state index contributed by atoms with van der Waals surface area (Å²) < 4.78 is 10.4. The highest BCUT2D eigenvalue weighted by Crippen LogP contribution is 2.44. The third-order valence-electron chi connectivity index (χ3n) is 5.83. The molecule has 6 heteroatoms. The van der Waals surface area contributed by atoms with Crippen molar-refractivity contribution in [1.82, 2.24) is 5.32 Å². The van der Waals surface area contributed by atoms with Crippen molar-refractivity contribution in [2.24, 2.45) is 5.92 Å². The highest BCUT2D eigenvalue weighted by Gasteiger charge is 2.30. The number of nitrogens with one attached hydrogen (secondary N) is 1. The molecule has 2 aromatic carbocycles. The minimum absolute atomic E-state index is 0.00741. The Morgan fingerprint density at radius 1 is 0.968 bits per heavy atom. The Balaban J connectivity index is 1.64. The Morgan fingerprint density at radius 3 is 2.10 bits per heavy atom. The van der Waals surface area contributed by atoms with E-state index >= 15 is 0 Å². The number of hydrogen-bond acceptors (Lipinski definition) is 5. The summed E-state index contributed by atoms with van der Waals surface area (Å²) in [5.41, 5.74) is 4.58. The second-order valence-electron chi connectivity index (χ2n) is 7.89. The fourth-order valence-electron chi connectivity index (χ4n) is 3.99. The predicted octanol–water partition coefficient (Wildman–Crippen LogP) is 4.46. The largest absolute Gasteiger partial charge is 0.465 e. The molecule has 164 valence electrons. The second-order valence-corrected chi connectivity index (χ2v) is 7.89. The first-order valence-electron chi connectivity index (χ1n) is 10.7. The van der Waals surface area contributed by atoms with Gasteiger partial charge in [0.05, 0.1) is 12.6 Å². The lowest BCUT2D eigenvalue weighted by Gasteiger charge is -2.23. The summed E-state index contributed by atoms with van der Waals surface area (Å²) in [6.45, 7) is 5.35. The average molecular weight is 424 g/mol. The van der Waals surface area contributed by atoms with Crippen LogP contribution in [0.5, 0.6) is 0 Å². The average Bonchev–Trinajstić information content (AvgIpc) is 3.09. The quantitative estimate of drug-likeness (QED) is 0.602. The van der Waals surface area contributed by atoms with E-state index in [0.29, 0.717) is 6.42 Å². The van der Waals surface area contributed by atoms with Crippen molar-refractivity contribution in [3.63, 3.8) is 0 Å². The van der Waals surface area contributed by atoms with E-state index in [1.807, 2.05) is 38.1 Å². The van der Waals surface area contributed by atoms with Gasteiger partial charge < -0.3 is 14.8 Å². The van der Waals surface area contributed by atoms with Crippen molar-refractivity contribution in [2.75, 3.05) is 13.2 Å². The molecule has 2 aromatic rings. The van der Waals surface area contributed by atoms with Crippen LogP contribution in [-0.4, -0.2) is 37.1 Å². The van der Waals surface area contributed by atoms with Gasteiger partial charge in [0.2, 0.25) is 0 Å². The lowest BCUT2D eigenvalue weighted by Crippen LogP contribution is -2.45. The maximum Gasteiger partial charge on any atom is 0.407 e. The summed E-state index contributed by atoms with van der Waals surface area (Å²) in [6.07, 6.45) is 0.152. The molecule has 0 saturated heterocycles. The molecule has 0 fully saturated rings. The zero-order valence-electron chi connectivity index (χ0n) is 18.2. The zero-order valence-corrected chi connectivity index (χ0v) is 18.2. The summed E-state index contributed by atoms with van der Waals surface area (Å²) in [6, 6.07) is 15.6. The number of ketones is 1. The lowest BCUT2D eigenvalue weighted by atomic mass is 9.94. The first kappa shape index (κ1) is 22.5. The lowest BCUT2D eigenvalue weighted by molar-refractivity contribution is -0.141. The van der Waals surface area contributed by atoms with Crippen molar-refractivity contribution in [2.45, 2.75) is 45.6 Å². The number of alkyl carbamates (subject to hydrolysis) is 1. The van der Waals surface area contributed by atoms with Crippen molar-refractivity contribution < 1.29 is 23.9 Å². The van der Waals surface area contributed by atoms with E-state index in [1.54, 1.807) is 0 Å². The van der Waals surface area contributed by atoms with Gasteiger partial charge in [0.25, 0.3) is 0 Å². The molecule has 3 rings (SSSR count). The Hall–Kier alpha value is -3.15. The molecular formula is C25H29NO5. The van der Waals surface area contributed by atoms with Crippen LogP contribution in [0.25, 0.3) is 11.1 Å². The summed E-state index contributed by atoms with van der Waals surface area (Å²) in [7, 11) is 0. The summed E-state index contributed by atoms with van der Waals surface area (Å²) in [4.78, 5) is 36.1. The van der Waals surface area contributed by atoms with Gasteiger partial charge in [0.15, 0.2) is 5.78 Å². The third kappa shape index (κ3) is 5.32. The molecule has 1 N–H and O–H groups in total. The standard InChI is InChI=1S/C25H29NO5/c1-4-16(2)24(23(28)13-14-30-17(3)27)26-25(29)31-15-22-20-11-7-5-9-18(20)19-10-6-8-12-21(19)22/h5-12,16,22,24H,4,13-15H2,1-3H3,(H,26,29)/t16-,24-/m0/s1. The minimum atomic E-state index is -0.684. The Labute approximate surface area is 182 Å². The SMILES string of the molecule is CC[C@H](C)[C@H](NC(=O)OCC1c2ccccc2-c2ccccc21)C(=O)CCOC(C)=O. The van der Waals surface area contributed by atoms with E-state index in [9.17, 15) is 14.4 Å². The van der Waals surface area contributed by atoms with Gasteiger partial charge in [0, 0.05) is 19.3 Å². The van der Waals surface area contributed by atoms with Gasteiger partial charge in [-0.15, -0.1) is 0 Å². The topological polar surface area (TPSA) is 81.7 Å². The molecule has 0 spiro atoms. The van der Waals surface area contributed by atoms with E-state index in [0.717, 1.165) is 22.3 Å². The highest BCUT2D eigenvalue weighted by molar-refractivity contribution is 5.88. The molecule has 6 nitrogen and oxygen atoms in total. The number of amides is 1. The molecule has 0 bridgehead atoms. The van der Waals surface area contributed by atoms with Crippen LogP contribution in [0.1, 0.15) is 50.7 Å². The van der Waals surface area contributed by atoms with Gasteiger partial charge in [0.1, 0.15) is 6.61 Å². The number of benzene rings is 2. The van der Waals surface area contributed by atoms with E-state index in [-0.39, 0.29) is 37.3 Å². The number of Topliss-reactive ketones (excluding diaryl/α,β-unsaturated/α-hetero) is 1. The molecule has 0 aliphatic heterocycles. The molecule has 0 aromatic heterocycles. The van der Waals surface area contributed by atoms with Crippen LogP contribution in [0.3, 0.4) is 0 Å². The number of esters is 1. The van der Waals surface area contributed by atoms with Gasteiger partial charge in [-0.05, 0) is 28.2 Å². The van der Waals surface area contributed by atoms with Crippen molar-refractivity contribution in [3.8, 4) is 11.1 Å². The normalized spacial score (nSPS) is 14.2. The number of hydrogen-bond donors (Lipinski definition) is 1. The van der Waals surface area contributed by atoms with Gasteiger partial charge >= 0.3 is 12.1 Å². The summed E-state index contributed by atoms with van der Waals surface area (Å²) >= 11 is 0. The number of carbonyl (C=O) groups excluding carboxylic acids is 3. The van der Waals surface area contributed by atoms with Crippen LogP contribution in [0.4, 0.5) is 4.79 Å². The molecule has 0 unspecified atom stereocenters. The van der Waals surface area contributed by atoms with Gasteiger partial charge in [-0.2, -0.15) is 0 Å². The molecule has 31 heavy (non-hydrogen) atoms. The Bertz CT molecular complexity index is 909. The molecule has 1 aliphatic rings. The van der Waals surface area contributed by atoms with Crippen molar-refractivity contribution >= 4 is 17.8 Å². The molecule has 0 saturated carbocycles. The Kier molecular flexibility index (Phi) is 7.45. The first-order valence-corrected chi connectivity index (χ1v) is 10.7. The zero-order chi connectivity index (χ0) is 22.4. The van der Waals surface area contributed by atoms with E-state index in [4.69, 9.17) is 9.47 Å². The smallest absolute Gasteiger partial charge is 0.407 e. The number of ether oxygens (including phenoxy) is 2. The first-order chi connectivity index (χ1) is 14.9. The molecule has 0 heterocycles. The molecule has 1 aliphatic carbocycles. The van der Waals surface area contributed by atoms with Gasteiger partial charge in [-0.25, -0.2) is 4.79 Å². The maximum absolute atomic E-state index is 12.6. The van der Waals surface area contributed by atoms with Crippen LogP contribution in [0.15, 0.2) is 48.5 Å². The van der Waals surface area contributed by atoms with Crippen molar-refractivity contribution in [1.29, 1.82) is 0 Å². The maximum atomic E-state index is 12.6. The molecule has 2 atom stereocenters. The van der Waals surface area contributed by atoms with E-state index in [1.165, 1.54) is 6.92 Å². The van der Waals surface area contributed by atoms with Crippen LogP contribution < -0.4 is 5.32 Å². The predicted molar refractivity (Wildman–Crippen MR) is 118 cm³/mol. The van der Waals surface area contributed by atoms with Gasteiger partial charge in [-0.1, -0.05) is 68.8 Å². The molecule has 1 amide bonds. The third-order valence-corrected chi connectivity index (χ3v) is 5.83. The van der Waals surface area contributed by atoms with Gasteiger partial charge in [-0.3, -0.25) is 9.59 Å².